The van der Waals surface area contributed by atoms with Crippen LogP contribution in [0.5, 0.6) is 5.88 Å². The van der Waals surface area contributed by atoms with Crippen molar-refractivity contribution in [1.82, 2.24) is 19.5 Å². The number of amides is 1. The van der Waals surface area contributed by atoms with Crippen LogP contribution in [0.15, 0.2) is 30.6 Å². The Morgan fingerprint density at radius 3 is 2.60 bits per heavy atom. The number of halogens is 1. The lowest BCUT2D eigenvalue weighted by molar-refractivity contribution is -0.141. The topological polar surface area (TPSA) is 152 Å². The Morgan fingerprint density at radius 1 is 1.23 bits per heavy atom. The van der Waals surface area contributed by atoms with Crippen molar-refractivity contribution in [3.8, 4) is 5.88 Å². The van der Waals surface area contributed by atoms with E-state index in [0.717, 1.165) is 9.13 Å². The van der Waals surface area contributed by atoms with E-state index in [4.69, 9.17) is 9.47 Å². The number of benzene rings is 1. The van der Waals surface area contributed by atoms with E-state index in [2.05, 4.69) is 42.9 Å². The third-order valence-electron chi connectivity index (χ3n) is 4.45. The highest BCUT2D eigenvalue weighted by atomic mass is 127. The predicted octanol–water partition coefficient (Wildman–Crippen LogP) is 0.537. The van der Waals surface area contributed by atoms with Gasteiger partial charge in [0.25, 0.3) is 0 Å². The molecule has 1 amide bonds. The van der Waals surface area contributed by atoms with Gasteiger partial charge in [0.05, 0.1) is 6.33 Å². The van der Waals surface area contributed by atoms with E-state index in [1.54, 1.807) is 0 Å². The van der Waals surface area contributed by atoms with Crippen LogP contribution in [-0.2, 0) is 16.1 Å². The van der Waals surface area contributed by atoms with Gasteiger partial charge in [0.15, 0.2) is 23.7 Å². The molecule has 30 heavy (non-hydrogen) atoms. The van der Waals surface area contributed by atoms with Crippen LogP contribution in [0.4, 0.5) is 5.95 Å². The minimum atomic E-state index is -1.56. The first-order valence-corrected chi connectivity index (χ1v) is 10.0. The highest BCUT2D eigenvalue weighted by molar-refractivity contribution is 14.1. The van der Waals surface area contributed by atoms with E-state index in [1.807, 2.05) is 24.3 Å². The predicted molar refractivity (Wildman–Crippen MR) is 111 cm³/mol. The van der Waals surface area contributed by atoms with Crippen molar-refractivity contribution in [1.29, 1.82) is 0 Å². The number of hydrogen-bond acceptors (Lipinski definition) is 9. The molecule has 4 rings (SSSR count). The Bertz CT molecular complexity index is 1070. The summed E-state index contributed by atoms with van der Waals surface area (Å²) in [6.07, 6.45) is -4.26. The molecule has 1 fully saturated rings. The summed E-state index contributed by atoms with van der Waals surface area (Å²) in [7, 11) is 0. The second-order valence-corrected chi connectivity index (χ2v) is 7.92. The van der Waals surface area contributed by atoms with Gasteiger partial charge in [0.2, 0.25) is 17.7 Å². The van der Waals surface area contributed by atoms with Crippen LogP contribution < -0.4 is 10.1 Å². The molecule has 0 spiro atoms. The van der Waals surface area contributed by atoms with Crippen LogP contribution in [-0.4, -0.2) is 59.2 Å². The summed E-state index contributed by atoms with van der Waals surface area (Å²) in [4.78, 5) is 24.2. The van der Waals surface area contributed by atoms with Crippen molar-refractivity contribution in [3.63, 3.8) is 0 Å². The third kappa shape index (κ3) is 4.09. The molecule has 0 aliphatic carbocycles. The number of aliphatic hydroxyl groups excluding tert-OH is 3. The minimum Gasteiger partial charge on any atom is -0.471 e. The number of carbonyl (C=O) groups excluding carboxylic acids is 1. The lowest BCUT2D eigenvalue weighted by Crippen LogP contribution is -2.31. The second kappa shape index (κ2) is 8.39. The number of anilines is 1. The molecule has 1 aromatic carbocycles. The van der Waals surface area contributed by atoms with Crippen molar-refractivity contribution in [2.75, 3.05) is 5.32 Å². The maximum absolute atomic E-state index is 11.5. The number of rotatable bonds is 5. The van der Waals surface area contributed by atoms with Gasteiger partial charge in [-0.1, -0.05) is 12.1 Å². The molecule has 1 aliphatic rings. The Balaban J connectivity index is 1.71. The van der Waals surface area contributed by atoms with Crippen molar-refractivity contribution >= 4 is 45.6 Å². The average molecular weight is 527 g/mol. The van der Waals surface area contributed by atoms with Crippen molar-refractivity contribution in [2.24, 2.45) is 0 Å². The molecule has 3 aromatic rings. The SMILES string of the molecule is CC(=O)Nc1nc(OCc2ccc(I)cc2)c2ncn(C3O[C@H](O)[C@@H](O)[C@H]3O)c2n1. The van der Waals surface area contributed by atoms with Crippen molar-refractivity contribution < 1.29 is 29.6 Å². The lowest BCUT2D eigenvalue weighted by Gasteiger charge is -2.16. The molecule has 3 heterocycles. The number of aromatic nitrogens is 4. The summed E-state index contributed by atoms with van der Waals surface area (Å²) in [5.74, 6) is -0.287. The Morgan fingerprint density at radius 2 is 1.97 bits per heavy atom. The first kappa shape index (κ1) is 20.9. The molecule has 1 aliphatic heterocycles. The fourth-order valence-electron chi connectivity index (χ4n) is 2.99. The third-order valence-corrected chi connectivity index (χ3v) is 5.17. The Kier molecular flexibility index (Phi) is 5.84. The quantitative estimate of drug-likeness (QED) is 0.349. The molecule has 4 N–H and O–H groups in total. The fraction of sp³-hybridized carbons (Fsp3) is 0.333. The number of nitrogens with one attached hydrogen (secondary N) is 1. The number of ether oxygens (including phenoxy) is 2. The molecule has 1 saturated heterocycles. The number of carbonyl (C=O) groups is 1. The van der Waals surface area contributed by atoms with Gasteiger partial charge < -0.3 is 24.8 Å². The molecular weight excluding hydrogens is 509 g/mol. The number of hydrogen-bond donors (Lipinski definition) is 4. The Hall–Kier alpha value is -2.39. The van der Waals surface area contributed by atoms with Gasteiger partial charge in [-0.15, -0.1) is 0 Å². The van der Waals surface area contributed by atoms with Gasteiger partial charge >= 0.3 is 0 Å². The van der Waals surface area contributed by atoms with Crippen LogP contribution in [0.1, 0.15) is 18.7 Å². The molecule has 1 unspecified atom stereocenters. The van der Waals surface area contributed by atoms with Crippen LogP contribution in [0, 0.1) is 3.57 Å². The lowest BCUT2D eigenvalue weighted by atomic mass is 10.2. The molecular formula is C18H18IN5O6. The molecule has 0 radical (unpaired) electrons. The Labute approximate surface area is 183 Å². The van der Waals surface area contributed by atoms with Crippen LogP contribution in [0.3, 0.4) is 0 Å². The van der Waals surface area contributed by atoms with Gasteiger partial charge in [0, 0.05) is 10.5 Å². The van der Waals surface area contributed by atoms with Gasteiger partial charge in [0.1, 0.15) is 18.8 Å². The second-order valence-electron chi connectivity index (χ2n) is 6.67. The molecule has 0 saturated carbocycles. The summed E-state index contributed by atoms with van der Waals surface area (Å²) < 4.78 is 13.5. The number of fused-ring (bicyclic) bond motifs is 1. The summed E-state index contributed by atoms with van der Waals surface area (Å²) in [5.41, 5.74) is 1.36. The van der Waals surface area contributed by atoms with Gasteiger partial charge in [-0.2, -0.15) is 9.97 Å². The first-order chi connectivity index (χ1) is 14.3. The summed E-state index contributed by atoms with van der Waals surface area (Å²) in [5, 5.41) is 32.2. The first-order valence-electron chi connectivity index (χ1n) is 8.92. The van der Waals surface area contributed by atoms with Gasteiger partial charge in [-0.3, -0.25) is 14.7 Å². The largest absolute Gasteiger partial charge is 0.471 e. The normalized spacial score (nSPS) is 23.6. The van der Waals surface area contributed by atoms with E-state index >= 15 is 0 Å². The monoisotopic (exact) mass is 527 g/mol. The van der Waals surface area contributed by atoms with Gasteiger partial charge in [-0.05, 0) is 40.3 Å². The van der Waals surface area contributed by atoms with Gasteiger partial charge in [-0.25, -0.2) is 4.98 Å². The molecule has 11 nitrogen and oxygen atoms in total. The van der Waals surface area contributed by atoms with E-state index in [-0.39, 0.29) is 35.5 Å². The maximum Gasteiger partial charge on any atom is 0.247 e. The smallest absolute Gasteiger partial charge is 0.247 e. The van der Waals surface area contributed by atoms with E-state index in [1.165, 1.54) is 17.8 Å². The zero-order valence-corrected chi connectivity index (χ0v) is 17.8. The van der Waals surface area contributed by atoms with Crippen LogP contribution in [0.2, 0.25) is 0 Å². The standard InChI is InChI=1S/C18H18IN5O6/c1-8(25)21-18-22-14-11(15(23-18)29-6-9-2-4-10(19)5-3-9)20-7-24(14)16-12(26)13(27)17(28)30-16/h2-5,7,12-13,16-17,26-28H,6H2,1H3,(H,21,22,23,25)/t12-,13+,16?,17+/m1/s1. The van der Waals surface area contributed by atoms with Crippen LogP contribution >= 0.6 is 22.6 Å². The van der Waals surface area contributed by atoms with Crippen LogP contribution in [0.25, 0.3) is 11.2 Å². The molecule has 0 bridgehead atoms. The number of nitrogens with zero attached hydrogens (tertiary/aromatic N) is 4. The molecule has 4 atom stereocenters. The highest BCUT2D eigenvalue weighted by Gasteiger charge is 2.43. The average Bonchev–Trinajstić information content (AvgIpc) is 3.23. The van der Waals surface area contributed by atoms with E-state index in [9.17, 15) is 20.1 Å². The van der Waals surface area contributed by atoms with Crippen molar-refractivity contribution in [3.05, 3.63) is 39.7 Å². The van der Waals surface area contributed by atoms with Crippen molar-refractivity contribution in [2.45, 2.75) is 38.3 Å². The zero-order valence-electron chi connectivity index (χ0n) is 15.6. The van der Waals surface area contributed by atoms with E-state index in [0.29, 0.717) is 0 Å². The molecule has 158 valence electrons. The zero-order chi connectivity index (χ0) is 21.4. The summed E-state index contributed by atoms with van der Waals surface area (Å²) in [6, 6.07) is 7.72. The molecule has 12 heteroatoms. The summed E-state index contributed by atoms with van der Waals surface area (Å²) in [6.45, 7) is 1.52. The molecule has 2 aromatic heterocycles. The van der Waals surface area contributed by atoms with E-state index < -0.39 is 24.7 Å². The minimum absolute atomic E-state index is 0.0251. The highest BCUT2D eigenvalue weighted by Crippen LogP contribution is 2.32. The number of aliphatic hydroxyl groups is 3. The number of imidazole rings is 1. The summed E-state index contributed by atoms with van der Waals surface area (Å²) >= 11 is 2.21. The fourth-order valence-corrected chi connectivity index (χ4v) is 3.35. The maximum atomic E-state index is 11.5.